The molecule has 2 saturated heterocycles. The lowest BCUT2D eigenvalue weighted by Crippen LogP contribution is -2.51. The van der Waals surface area contributed by atoms with E-state index < -0.39 is 0 Å². The molecular formula is C23H36N2O3. The molecule has 156 valence electrons. The zero-order chi connectivity index (χ0) is 20.1. The molecule has 1 aromatic rings. The lowest BCUT2D eigenvalue weighted by atomic mass is 9.93. The van der Waals surface area contributed by atoms with E-state index in [-0.39, 0.29) is 24.3 Å². The summed E-state index contributed by atoms with van der Waals surface area (Å²) >= 11 is 0. The number of amides is 1. The summed E-state index contributed by atoms with van der Waals surface area (Å²) in [6, 6.07) is 8.88. The number of benzene rings is 1. The van der Waals surface area contributed by atoms with Gasteiger partial charge in [-0.05, 0) is 42.3 Å². The Morgan fingerprint density at radius 3 is 2.32 bits per heavy atom. The quantitative estimate of drug-likeness (QED) is 0.771. The first-order valence-corrected chi connectivity index (χ1v) is 10.8. The number of ether oxygens (including phenoxy) is 2. The number of hydrogen-bond acceptors (Lipinski definition) is 4. The number of rotatable bonds is 7. The highest BCUT2D eigenvalue weighted by molar-refractivity contribution is 5.78. The van der Waals surface area contributed by atoms with Crippen molar-refractivity contribution in [2.45, 2.75) is 71.2 Å². The van der Waals surface area contributed by atoms with E-state index in [0.29, 0.717) is 31.6 Å². The normalized spacial score (nSPS) is 22.7. The molecule has 0 aliphatic carbocycles. The lowest BCUT2D eigenvalue weighted by molar-refractivity contribution is -0.132. The molecule has 0 aromatic heterocycles. The number of carbonyl (C=O) groups excluding carboxylic acids is 1. The highest BCUT2D eigenvalue weighted by Gasteiger charge is 2.34. The Bertz CT molecular complexity index is 623. The van der Waals surface area contributed by atoms with Crippen molar-refractivity contribution in [3.63, 3.8) is 0 Å². The summed E-state index contributed by atoms with van der Waals surface area (Å²) in [5.74, 6) is 0.918. The van der Waals surface area contributed by atoms with Gasteiger partial charge in [-0.1, -0.05) is 58.4 Å². The average molecular weight is 389 g/mol. The summed E-state index contributed by atoms with van der Waals surface area (Å²) < 4.78 is 11.5. The third kappa shape index (κ3) is 5.34. The molecule has 28 heavy (non-hydrogen) atoms. The molecule has 2 unspecified atom stereocenters. The third-order valence-electron chi connectivity index (χ3n) is 5.92. The first kappa shape index (κ1) is 21.3. The Morgan fingerprint density at radius 2 is 1.71 bits per heavy atom. The Labute approximate surface area is 169 Å². The summed E-state index contributed by atoms with van der Waals surface area (Å²) in [6.45, 7) is 11.4. The van der Waals surface area contributed by atoms with Crippen molar-refractivity contribution in [2.24, 2.45) is 5.92 Å². The van der Waals surface area contributed by atoms with Crippen LogP contribution in [0.25, 0.3) is 0 Å². The number of carbonyl (C=O) groups is 1. The van der Waals surface area contributed by atoms with E-state index in [4.69, 9.17) is 9.47 Å². The zero-order valence-electron chi connectivity index (χ0n) is 17.8. The molecule has 1 amide bonds. The van der Waals surface area contributed by atoms with Crippen LogP contribution in [0.1, 0.15) is 70.0 Å². The van der Waals surface area contributed by atoms with Gasteiger partial charge in [-0.3, -0.25) is 9.69 Å². The van der Waals surface area contributed by atoms with Gasteiger partial charge in [-0.25, -0.2) is 0 Å². The second-order valence-electron chi connectivity index (χ2n) is 8.75. The van der Waals surface area contributed by atoms with Crippen molar-refractivity contribution in [3.8, 4) is 0 Å². The van der Waals surface area contributed by atoms with Crippen LogP contribution in [0.4, 0.5) is 0 Å². The SMILES string of the molecule is CC(C)c1ccc(C(NC(=O)CN2CCCCC2C2OCCO2)C(C)C)cc1. The van der Waals surface area contributed by atoms with Gasteiger partial charge in [0.1, 0.15) is 0 Å². The lowest BCUT2D eigenvalue weighted by Gasteiger charge is -2.37. The maximum absolute atomic E-state index is 12.9. The molecule has 0 saturated carbocycles. The van der Waals surface area contributed by atoms with Crippen molar-refractivity contribution in [3.05, 3.63) is 35.4 Å². The van der Waals surface area contributed by atoms with Crippen LogP contribution in [-0.4, -0.2) is 49.4 Å². The number of piperidine rings is 1. The maximum atomic E-state index is 12.9. The van der Waals surface area contributed by atoms with Crippen LogP contribution in [0.15, 0.2) is 24.3 Å². The van der Waals surface area contributed by atoms with Gasteiger partial charge >= 0.3 is 0 Å². The van der Waals surface area contributed by atoms with Gasteiger partial charge in [0, 0.05) is 0 Å². The second kappa shape index (κ2) is 9.86. The molecule has 0 bridgehead atoms. The number of nitrogens with one attached hydrogen (secondary N) is 1. The zero-order valence-corrected chi connectivity index (χ0v) is 17.8. The predicted octanol–water partition coefficient (Wildman–Crippen LogP) is 3.85. The predicted molar refractivity (Wildman–Crippen MR) is 111 cm³/mol. The monoisotopic (exact) mass is 388 g/mol. The minimum absolute atomic E-state index is 0.0240. The minimum atomic E-state index is -0.183. The molecule has 1 N–H and O–H groups in total. The van der Waals surface area contributed by atoms with Crippen LogP contribution >= 0.6 is 0 Å². The molecule has 2 fully saturated rings. The largest absolute Gasteiger partial charge is 0.349 e. The van der Waals surface area contributed by atoms with Crippen LogP contribution in [-0.2, 0) is 14.3 Å². The molecule has 1 aromatic carbocycles. The molecule has 2 aliphatic heterocycles. The van der Waals surface area contributed by atoms with Crippen molar-refractivity contribution in [2.75, 3.05) is 26.3 Å². The molecule has 5 heteroatoms. The van der Waals surface area contributed by atoms with E-state index in [9.17, 15) is 4.79 Å². The molecule has 2 aliphatic rings. The second-order valence-corrected chi connectivity index (χ2v) is 8.75. The minimum Gasteiger partial charge on any atom is -0.349 e. The summed E-state index contributed by atoms with van der Waals surface area (Å²) in [4.78, 5) is 15.1. The van der Waals surface area contributed by atoms with Crippen LogP contribution < -0.4 is 5.32 Å². The standard InChI is InChI=1S/C23H36N2O3/c1-16(2)18-8-10-19(11-9-18)22(17(3)4)24-21(26)15-25-12-6-5-7-20(25)23-27-13-14-28-23/h8-11,16-17,20,22-23H,5-7,12-15H2,1-4H3,(H,24,26). The van der Waals surface area contributed by atoms with E-state index in [1.807, 2.05) is 0 Å². The topological polar surface area (TPSA) is 50.8 Å². The summed E-state index contributed by atoms with van der Waals surface area (Å²) in [7, 11) is 0. The molecule has 0 spiro atoms. The van der Waals surface area contributed by atoms with Crippen molar-refractivity contribution < 1.29 is 14.3 Å². The first-order valence-electron chi connectivity index (χ1n) is 10.8. The van der Waals surface area contributed by atoms with Gasteiger partial charge < -0.3 is 14.8 Å². The van der Waals surface area contributed by atoms with E-state index in [2.05, 4.69) is 62.2 Å². The Kier molecular flexibility index (Phi) is 7.49. The van der Waals surface area contributed by atoms with Gasteiger partial charge in [-0.15, -0.1) is 0 Å². The third-order valence-corrected chi connectivity index (χ3v) is 5.92. The average Bonchev–Trinajstić information content (AvgIpc) is 3.21. The van der Waals surface area contributed by atoms with Crippen LogP contribution in [0, 0.1) is 5.92 Å². The van der Waals surface area contributed by atoms with Crippen LogP contribution in [0.5, 0.6) is 0 Å². The van der Waals surface area contributed by atoms with Gasteiger partial charge in [0.25, 0.3) is 0 Å². The molecule has 2 heterocycles. The van der Waals surface area contributed by atoms with E-state index >= 15 is 0 Å². The number of nitrogens with zero attached hydrogens (tertiary/aromatic N) is 1. The number of likely N-dealkylation sites (tertiary alicyclic amines) is 1. The fraction of sp³-hybridized carbons (Fsp3) is 0.696. The summed E-state index contributed by atoms with van der Waals surface area (Å²) in [5, 5.41) is 3.28. The Balaban J connectivity index is 1.63. The van der Waals surface area contributed by atoms with Gasteiger partial charge in [0.05, 0.1) is 31.8 Å². The molecule has 5 nitrogen and oxygen atoms in total. The smallest absolute Gasteiger partial charge is 0.234 e. The van der Waals surface area contributed by atoms with E-state index in [1.165, 1.54) is 17.5 Å². The van der Waals surface area contributed by atoms with Crippen molar-refractivity contribution >= 4 is 5.91 Å². The Morgan fingerprint density at radius 1 is 1.07 bits per heavy atom. The Hall–Kier alpha value is -1.43. The van der Waals surface area contributed by atoms with E-state index in [0.717, 1.165) is 19.4 Å². The number of hydrogen-bond donors (Lipinski definition) is 1. The van der Waals surface area contributed by atoms with Crippen molar-refractivity contribution in [1.29, 1.82) is 0 Å². The summed E-state index contributed by atoms with van der Waals surface area (Å²) in [6.07, 6.45) is 3.14. The molecule has 2 atom stereocenters. The maximum Gasteiger partial charge on any atom is 0.234 e. The highest BCUT2D eigenvalue weighted by Crippen LogP contribution is 2.26. The van der Waals surface area contributed by atoms with Crippen molar-refractivity contribution in [1.82, 2.24) is 10.2 Å². The van der Waals surface area contributed by atoms with Gasteiger partial charge in [0.2, 0.25) is 5.91 Å². The van der Waals surface area contributed by atoms with Crippen LogP contribution in [0.3, 0.4) is 0 Å². The molecule has 0 radical (unpaired) electrons. The van der Waals surface area contributed by atoms with Gasteiger partial charge in [-0.2, -0.15) is 0 Å². The van der Waals surface area contributed by atoms with E-state index in [1.54, 1.807) is 0 Å². The molecule has 3 rings (SSSR count). The fourth-order valence-electron chi connectivity index (χ4n) is 4.25. The fourth-order valence-corrected chi connectivity index (χ4v) is 4.25. The summed E-state index contributed by atoms with van der Waals surface area (Å²) in [5.41, 5.74) is 2.50. The molecular weight excluding hydrogens is 352 g/mol. The first-order chi connectivity index (χ1) is 13.5. The highest BCUT2D eigenvalue weighted by atomic mass is 16.7. The van der Waals surface area contributed by atoms with Crippen LogP contribution in [0.2, 0.25) is 0 Å². The van der Waals surface area contributed by atoms with Gasteiger partial charge in [0.15, 0.2) is 6.29 Å².